The van der Waals surface area contributed by atoms with Crippen LogP contribution in [0.3, 0.4) is 0 Å². The maximum Gasteiger partial charge on any atom is 0.124 e. The monoisotopic (exact) mass is 281 g/mol. The van der Waals surface area contributed by atoms with Gasteiger partial charge in [0.1, 0.15) is 12.4 Å². The molecule has 0 aliphatic heterocycles. The molecule has 0 aromatic heterocycles. The van der Waals surface area contributed by atoms with E-state index in [0.717, 1.165) is 25.3 Å². The van der Waals surface area contributed by atoms with Crippen LogP contribution in [0.1, 0.15) is 23.6 Å². The fourth-order valence-corrected chi connectivity index (χ4v) is 2.35. The maximum absolute atomic E-state index is 5.68. The van der Waals surface area contributed by atoms with Gasteiger partial charge in [0.05, 0.1) is 0 Å². The Hall–Kier alpha value is -2.06. The van der Waals surface area contributed by atoms with E-state index in [0.29, 0.717) is 6.61 Å². The number of ether oxygens (including phenoxy) is 1. The van der Waals surface area contributed by atoms with Gasteiger partial charge in [-0.1, -0.05) is 62.0 Å². The molecular weight excluding hydrogens is 258 g/mol. The molecule has 21 heavy (non-hydrogen) atoms. The summed E-state index contributed by atoms with van der Waals surface area (Å²) in [6.45, 7) is 8.09. The smallest absolute Gasteiger partial charge is 0.124 e. The third kappa shape index (κ3) is 4.47. The fourth-order valence-electron chi connectivity index (χ4n) is 2.35. The second-order valence-corrected chi connectivity index (χ2v) is 4.93. The van der Waals surface area contributed by atoms with Crippen molar-refractivity contribution in [2.45, 2.75) is 26.4 Å². The van der Waals surface area contributed by atoms with E-state index in [1.54, 1.807) is 6.08 Å². The molecule has 2 rings (SSSR count). The van der Waals surface area contributed by atoms with Gasteiger partial charge in [-0.2, -0.15) is 0 Å². The van der Waals surface area contributed by atoms with Crippen LogP contribution in [0.2, 0.25) is 0 Å². The molecule has 0 aliphatic rings. The van der Waals surface area contributed by atoms with E-state index in [9.17, 15) is 0 Å². The maximum atomic E-state index is 5.68. The lowest BCUT2D eigenvalue weighted by Crippen LogP contribution is -2.14. The van der Waals surface area contributed by atoms with Gasteiger partial charge in [0, 0.05) is 18.7 Å². The summed E-state index contributed by atoms with van der Waals surface area (Å²) in [7, 11) is 0. The lowest BCUT2D eigenvalue weighted by atomic mass is 10.1. The summed E-state index contributed by atoms with van der Waals surface area (Å²) in [4.78, 5) is 0. The van der Waals surface area contributed by atoms with Crippen molar-refractivity contribution in [2.75, 3.05) is 6.61 Å². The highest BCUT2D eigenvalue weighted by molar-refractivity contribution is 5.33. The van der Waals surface area contributed by atoms with E-state index in [2.05, 4.69) is 49.2 Å². The molecule has 2 heteroatoms. The van der Waals surface area contributed by atoms with E-state index in [-0.39, 0.29) is 0 Å². The average Bonchev–Trinajstić information content (AvgIpc) is 2.54. The third-order valence-electron chi connectivity index (χ3n) is 3.46. The van der Waals surface area contributed by atoms with Gasteiger partial charge >= 0.3 is 0 Å². The second-order valence-electron chi connectivity index (χ2n) is 4.93. The Labute approximate surface area is 127 Å². The molecule has 0 saturated heterocycles. The van der Waals surface area contributed by atoms with E-state index in [1.807, 2.05) is 18.2 Å². The molecule has 0 unspecified atom stereocenters. The lowest BCUT2D eigenvalue weighted by molar-refractivity contribution is 0.358. The summed E-state index contributed by atoms with van der Waals surface area (Å²) in [5.41, 5.74) is 3.94. The zero-order valence-corrected chi connectivity index (χ0v) is 12.6. The number of nitrogens with one attached hydrogen (secondary N) is 1. The van der Waals surface area contributed by atoms with Crippen LogP contribution in [0.15, 0.2) is 61.2 Å². The van der Waals surface area contributed by atoms with Gasteiger partial charge in [0.15, 0.2) is 0 Å². The molecule has 110 valence electrons. The van der Waals surface area contributed by atoms with Crippen LogP contribution in [0.25, 0.3) is 0 Å². The molecule has 0 amide bonds. The number of hydrogen-bond acceptors (Lipinski definition) is 2. The quantitative estimate of drug-likeness (QED) is 0.735. The highest BCUT2D eigenvalue weighted by atomic mass is 16.5. The van der Waals surface area contributed by atoms with E-state index in [1.165, 1.54) is 16.7 Å². The Morgan fingerprint density at radius 1 is 0.952 bits per heavy atom. The Morgan fingerprint density at radius 2 is 1.57 bits per heavy atom. The van der Waals surface area contributed by atoms with Crippen LogP contribution in [0.5, 0.6) is 5.75 Å². The zero-order chi connectivity index (χ0) is 14.9. The van der Waals surface area contributed by atoms with Crippen molar-refractivity contribution in [3.8, 4) is 5.75 Å². The first-order chi connectivity index (χ1) is 10.3. The Balaban J connectivity index is 1.95. The summed E-state index contributed by atoms with van der Waals surface area (Å²) >= 11 is 0. The normalized spacial score (nSPS) is 10.3. The summed E-state index contributed by atoms with van der Waals surface area (Å²) in [5.74, 6) is 0.925. The van der Waals surface area contributed by atoms with Gasteiger partial charge in [-0.25, -0.2) is 0 Å². The van der Waals surface area contributed by atoms with Crippen molar-refractivity contribution in [2.24, 2.45) is 0 Å². The van der Waals surface area contributed by atoms with Crippen molar-refractivity contribution >= 4 is 0 Å². The molecule has 0 bridgehead atoms. The number of benzene rings is 2. The Bertz CT molecular complexity index is 577. The SMILES string of the molecule is C=CCOc1ccccc1CNCc1ccccc1CC. The molecule has 0 radical (unpaired) electrons. The fraction of sp³-hybridized carbons (Fsp3) is 0.263. The molecule has 0 heterocycles. The molecule has 0 saturated carbocycles. The number of hydrogen-bond donors (Lipinski definition) is 1. The van der Waals surface area contributed by atoms with E-state index in [4.69, 9.17) is 4.74 Å². The summed E-state index contributed by atoms with van der Waals surface area (Å²) in [5, 5.41) is 3.50. The average molecular weight is 281 g/mol. The third-order valence-corrected chi connectivity index (χ3v) is 3.46. The highest BCUT2D eigenvalue weighted by Gasteiger charge is 2.03. The zero-order valence-electron chi connectivity index (χ0n) is 12.6. The number of para-hydroxylation sites is 1. The Kier molecular flexibility index (Phi) is 6.04. The first-order valence-corrected chi connectivity index (χ1v) is 7.44. The highest BCUT2D eigenvalue weighted by Crippen LogP contribution is 2.18. The predicted octanol–water partition coefficient (Wildman–Crippen LogP) is 4.10. The lowest BCUT2D eigenvalue weighted by Gasteiger charge is -2.12. The summed E-state index contributed by atoms with van der Waals surface area (Å²) in [6.07, 6.45) is 2.83. The van der Waals surface area contributed by atoms with Crippen LogP contribution in [0, 0.1) is 0 Å². The van der Waals surface area contributed by atoms with Crippen LogP contribution >= 0.6 is 0 Å². The molecule has 0 spiro atoms. The second kappa shape index (κ2) is 8.28. The van der Waals surface area contributed by atoms with Gasteiger partial charge in [-0.3, -0.25) is 0 Å². The molecule has 2 aromatic carbocycles. The summed E-state index contributed by atoms with van der Waals surface area (Å²) in [6, 6.07) is 16.7. The Morgan fingerprint density at radius 3 is 2.29 bits per heavy atom. The molecule has 0 fully saturated rings. The molecule has 0 atom stereocenters. The molecule has 1 N–H and O–H groups in total. The topological polar surface area (TPSA) is 21.3 Å². The van der Waals surface area contributed by atoms with Crippen LogP contribution in [0.4, 0.5) is 0 Å². The van der Waals surface area contributed by atoms with Gasteiger partial charge in [-0.05, 0) is 23.6 Å². The predicted molar refractivity (Wildman–Crippen MR) is 88.5 cm³/mol. The van der Waals surface area contributed by atoms with Crippen molar-refractivity contribution in [1.82, 2.24) is 5.32 Å². The van der Waals surface area contributed by atoms with Crippen molar-refractivity contribution in [3.63, 3.8) is 0 Å². The van der Waals surface area contributed by atoms with Gasteiger partial charge < -0.3 is 10.1 Å². The van der Waals surface area contributed by atoms with Crippen LogP contribution < -0.4 is 10.1 Å². The minimum atomic E-state index is 0.537. The first-order valence-electron chi connectivity index (χ1n) is 7.44. The molecule has 0 aliphatic carbocycles. The number of aryl methyl sites for hydroxylation is 1. The van der Waals surface area contributed by atoms with E-state index >= 15 is 0 Å². The largest absolute Gasteiger partial charge is 0.489 e. The van der Waals surface area contributed by atoms with Crippen molar-refractivity contribution in [1.29, 1.82) is 0 Å². The standard InChI is InChI=1S/C19H23NO/c1-3-13-21-19-12-8-7-11-18(19)15-20-14-17-10-6-5-9-16(17)4-2/h3,5-12,20H,1,4,13-15H2,2H3. The van der Waals surface area contributed by atoms with Crippen molar-refractivity contribution < 1.29 is 4.74 Å². The first kappa shape index (κ1) is 15.3. The molecule has 2 aromatic rings. The van der Waals surface area contributed by atoms with Crippen molar-refractivity contribution in [3.05, 3.63) is 77.9 Å². The minimum absolute atomic E-state index is 0.537. The van der Waals surface area contributed by atoms with E-state index < -0.39 is 0 Å². The minimum Gasteiger partial charge on any atom is -0.489 e. The summed E-state index contributed by atoms with van der Waals surface area (Å²) < 4.78 is 5.68. The van der Waals surface area contributed by atoms with Crippen LogP contribution in [-0.2, 0) is 19.5 Å². The van der Waals surface area contributed by atoms with Gasteiger partial charge in [0.2, 0.25) is 0 Å². The van der Waals surface area contributed by atoms with Crippen LogP contribution in [-0.4, -0.2) is 6.61 Å². The van der Waals surface area contributed by atoms with Gasteiger partial charge in [-0.15, -0.1) is 0 Å². The molecular formula is C19H23NO. The van der Waals surface area contributed by atoms with Gasteiger partial charge in [0.25, 0.3) is 0 Å². The number of rotatable bonds is 8. The molecule has 2 nitrogen and oxygen atoms in total.